The van der Waals surface area contributed by atoms with Crippen LogP contribution in [0, 0.1) is 6.92 Å². The van der Waals surface area contributed by atoms with E-state index in [-0.39, 0.29) is 12.1 Å². The molecule has 9 heteroatoms. The van der Waals surface area contributed by atoms with Crippen LogP contribution in [0.2, 0.25) is 0 Å². The van der Waals surface area contributed by atoms with Gasteiger partial charge in [-0.3, -0.25) is 0 Å². The van der Waals surface area contributed by atoms with E-state index in [0.717, 1.165) is 23.3 Å². The van der Waals surface area contributed by atoms with E-state index in [0.29, 0.717) is 17.7 Å². The van der Waals surface area contributed by atoms with E-state index in [9.17, 15) is 28.2 Å². The Hall–Kier alpha value is -2.68. The lowest BCUT2D eigenvalue weighted by molar-refractivity contribution is -0.185. The van der Waals surface area contributed by atoms with E-state index >= 15 is 0 Å². The molecule has 0 bridgehead atoms. The number of halogens is 7. The lowest BCUT2D eigenvalue weighted by Crippen LogP contribution is -2.21. The summed E-state index contributed by atoms with van der Waals surface area (Å²) in [6.45, 7) is 1.91. The summed E-state index contributed by atoms with van der Waals surface area (Å²) in [6.07, 6.45) is -3.87. The molecule has 0 N–H and O–H groups in total. The molecule has 3 aromatic carbocycles. The molecular weight excluding hydrogens is 421 g/mol. The maximum Gasteiger partial charge on any atom is 0.426 e. The standard InChI is InChI=1S/C20H15F7OS/c1-14-2-4-15(5-3-14)16-6-8-17(9-7-16)20(21,22)28-18-10-12-19(13-11-18)29(23,24,25,26)27/h2-13H,1H3. The monoisotopic (exact) mass is 436 g/mol. The summed E-state index contributed by atoms with van der Waals surface area (Å²) >= 11 is 0. The minimum absolute atomic E-state index is 0.0213. The van der Waals surface area contributed by atoms with Crippen molar-refractivity contribution in [1.29, 1.82) is 0 Å². The van der Waals surface area contributed by atoms with Crippen molar-refractivity contribution >= 4 is 10.2 Å². The molecule has 29 heavy (non-hydrogen) atoms. The molecular formula is C20H15F7OS. The quantitative estimate of drug-likeness (QED) is 0.365. The van der Waals surface area contributed by atoms with Gasteiger partial charge in [0.05, 0.1) is 5.56 Å². The molecule has 0 saturated carbocycles. The van der Waals surface area contributed by atoms with E-state index in [4.69, 9.17) is 0 Å². The predicted molar refractivity (Wildman–Crippen MR) is 99.0 cm³/mol. The van der Waals surface area contributed by atoms with Gasteiger partial charge >= 0.3 is 16.3 Å². The molecule has 3 aromatic rings. The van der Waals surface area contributed by atoms with Crippen molar-refractivity contribution in [2.45, 2.75) is 17.9 Å². The lowest BCUT2D eigenvalue weighted by atomic mass is 10.0. The molecule has 0 saturated heterocycles. The molecule has 0 aromatic heterocycles. The Kier molecular flexibility index (Phi) is 4.47. The highest BCUT2D eigenvalue weighted by Crippen LogP contribution is 3.02. The third kappa shape index (κ3) is 5.03. The zero-order chi connectivity index (χ0) is 21.6. The Labute approximate surface area is 162 Å². The Morgan fingerprint density at radius 3 is 1.55 bits per heavy atom. The molecule has 0 aliphatic carbocycles. The highest BCUT2D eigenvalue weighted by molar-refractivity contribution is 8.45. The summed E-state index contributed by atoms with van der Waals surface area (Å²) in [6, 6.07) is 13.5. The van der Waals surface area contributed by atoms with Crippen molar-refractivity contribution < 1.29 is 32.9 Å². The first kappa shape index (κ1) is 21.0. The van der Waals surface area contributed by atoms with Gasteiger partial charge in [-0.25, -0.2) is 0 Å². The van der Waals surface area contributed by atoms with Gasteiger partial charge in [-0.1, -0.05) is 61.4 Å². The fraction of sp³-hybridized carbons (Fsp3) is 0.100. The number of rotatable bonds is 5. The van der Waals surface area contributed by atoms with Crippen LogP contribution in [0.1, 0.15) is 11.1 Å². The fourth-order valence-electron chi connectivity index (χ4n) is 2.57. The van der Waals surface area contributed by atoms with Crippen molar-refractivity contribution in [3.8, 4) is 16.9 Å². The van der Waals surface area contributed by atoms with Crippen LogP contribution in [0.25, 0.3) is 11.1 Å². The summed E-state index contributed by atoms with van der Waals surface area (Å²) in [7, 11) is -9.87. The minimum Gasteiger partial charge on any atom is -0.429 e. The molecule has 0 heterocycles. The Balaban J connectivity index is 1.80. The highest BCUT2D eigenvalue weighted by atomic mass is 32.5. The smallest absolute Gasteiger partial charge is 0.426 e. The van der Waals surface area contributed by atoms with Gasteiger partial charge in [0.25, 0.3) is 0 Å². The maximum atomic E-state index is 14.3. The molecule has 0 atom stereocenters. The van der Waals surface area contributed by atoms with E-state index < -0.39 is 32.5 Å². The summed E-state index contributed by atoms with van der Waals surface area (Å²) in [4.78, 5) is -2.18. The van der Waals surface area contributed by atoms with Gasteiger partial charge in [-0.15, -0.1) is 0 Å². The summed E-state index contributed by atoms with van der Waals surface area (Å²) in [5, 5.41) is 0. The zero-order valence-corrected chi connectivity index (χ0v) is 15.7. The number of aryl methyl sites for hydroxylation is 1. The summed E-state index contributed by atoms with van der Waals surface area (Å²) in [5.74, 6) is -0.678. The van der Waals surface area contributed by atoms with Crippen LogP contribution in [0.15, 0.2) is 77.7 Å². The van der Waals surface area contributed by atoms with Gasteiger partial charge in [0.2, 0.25) is 0 Å². The molecule has 0 fully saturated rings. The molecule has 0 unspecified atom stereocenters. The predicted octanol–water partition coefficient (Wildman–Crippen LogP) is 8.45. The first-order valence-corrected chi connectivity index (χ1v) is 10.2. The molecule has 156 valence electrons. The van der Waals surface area contributed by atoms with E-state index in [1.807, 2.05) is 31.2 Å². The third-order valence-corrected chi connectivity index (χ3v) is 5.28. The topological polar surface area (TPSA) is 9.23 Å². The molecule has 0 aliphatic heterocycles. The maximum absolute atomic E-state index is 14.3. The first-order chi connectivity index (χ1) is 13.1. The van der Waals surface area contributed by atoms with Gasteiger partial charge < -0.3 is 4.74 Å². The molecule has 3 rings (SSSR count). The number of alkyl halides is 2. The number of ether oxygens (including phenoxy) is 1. The number of benzene rings is 3. The van der Waals surface area contributed by atoms with Crippen LogP contribution in [0.3, 0.4) is 0 Å². The second-order valence-corrected chi connectivity index (χ2v) is 8.91. The van der Waals surface area contributed by atoms with Crippen molar-refractivity contribution in [1.82, 2.24) is 0 Å². The van der Waals surface area contributed by atoms with Gasteiger partial charge in [0.15, 0.2) is 0 Å². The second kappa shape index (κ2) is 6.16. The van der Waals surface area contributed by atoms with E-state index in [2.05, 4.69) is 4.74 Å². The van der Waals surface area contributed by atoms with Crippen molar-refractivity contribution in [2.75, 3.05) is 0 Å². The van der Waals surface area contributed by atoms with Crippen molar-refractivity contribution in [3.63, 3.8) is 0 Å². The molecule has 0 amide bonds. The van der Waals surface area contributed by atoms with Gasteiger partial charge in [0, 0.05) is 0 Å². The zero-order valence-electron chi connectivity index (χ0n) is 14.9. The highest BCUT2D eigenvalue weighted by Gasteiger charge is 2.65. The summed E-state index contributed by atoms with van der Waals surface area (Å²) < 4.78 is 96.6. The van der Waals surface area contributed by atoms with E-state index in [1.54, 1.807) is 0 Å². The number of hydrogen-bond acceptors (Lipinski definition) is 1. The largest absolute Gasteiger partial charge is 0.429 e. The SMILES string of the molecule is Cc1ccc(-c2ccc(C(F)(F)Oc3ccc(S(F)(F)(F)(F)F)cc3)cc2)cc1. The summed E-state index contributed by atoms with van der Waals surface area (Å²) in [5.41, 5.74) is 2.01. The average molecular weight is 436 g/mol. The van der Waals surface area contributed by atoms with E-state index in [1.165, 1.54) is 12.1 Å². The lowest BCUT2D eigenvalue weighted by Gasteiger charge is -2.40. The van der Waals surface area contributed by atoms with Crippen molar-refractivity contribution in [3.05, 3.63) is 83.9 Å². The first-order valence-electron chi connectivity index (χ1n) is 8.23. The third-order valence-electron chi connectivity index (χ3n) is 4.12. The van der Waals surface area contributed by atoms with Crippen LogP contribution in [0.4, 0.5) is 28.2 Å². The van der Waals surface area contributed by atoms with Gasteiger partial charge in [0.1, 0.15) is 10.6 Å². The normalized spacial score (nSPS) is 14.8. The van der Waals surface area contributed by atoms with Gasteiger partial charge in [-0.05, 0) is 54.4 Å². The van der Waals surface area contributed by atoms with Gasteiger partial charge in [-0.2, -0.15) is 8.78 Å². The Morgan fingerprint density at radius 1 is 0.655 bits per heavy atom. The van der Waals surface area contributed by atoms with Crippen LogP contribution >= 0.6 is 10.2 Å². The minimum atomic E-state index is -9.87. The van der Waals surface area contributed by atoms with Crippen LogP contribution in [0.5, 0.6) is 5.75 Å². The molecule has 0 aliphatic rings. The average Bonchev–Trinajstić information content (AvgIpc) is 2.61. The Bertz CT molecular complexity index is 1010. The number of hydrogen-bond donors (Lipinski definition) is 0. The molecule has 0 spiro atoms. The van der Waals surface area contributed by atoms with Crippen LogP contribution in [-0.4, -0.2) is 0 Å². The van der Waals surface area contributed by atoms with Crippen molar-refractivity contribution in [2.24, 2.45) is 0 Å². The van der Waals surface area contributed by atoms with Crippen LogP contribution in [-0.2, 0) is 6.11 Å². The fourth-order valence-corrected chi connectivity index (χ4v) is 3.22. The Morgan fingerprint density at radius 2 is 1.10 bits per heavy atom. The molecule has 0 radical (unpaired) electrons. The van der Waals surface area contributed by atoms with Crippen LogP contribution < -0.4 is 4.74 Å². The molecule has 1 nitrogen and oxygen atoms in total. The second-order valence-electron chi connectivity index (χ2n) is 6.50.